The van der Waals surface area contributed by atoms with Crippen LogP contribution in [0.15, 0.2) is 0 Å². The lowest BCUT2D eigenvalue weighted by Crippen LogP contribution is -2.30. The summed E-state index contributed by atoms with van der Waals surface area (Å²) in [6.45, 7) is 3.74. The van der Waals surface area contributed by atoms with Gasteiger partial charge in [-0.2, -0.15) is 0 Å². The Balaban J connectivity index is 2.12. The van der Waals surface area contributed by atoms with Gasteiger partial charge in [-0.05, 0) is 12.8 Å². The number of hydrogen-bond acceptors (Lipinski definition) is 2. The molecular formula is C10H19NO2. The fourth-order valence-corrected chi connectivity index (χ4v) is 1.67. The molecule has 1 aliphatic heterocycles. The molecule has 3 heteroatoms. The zero-order chi connectivity index (χ0) is 9.68. The Hall–Kier alpha value is -0.570. The highest BCUT2D eigenvalue weighted by atomic mass is 16.3. The molecule has 1 N–H and O–H groups in total. The Morgan fingerprint density at radius 1 is 1.46 bits per heavy atom. The molecule has 0 aromatic heterocycles. The SMILES string of the molecule is CCCCCCN1CCC(O)C1=O. The number of rotatable bonds is 5. The maximum Gasteiger partial charge on any atom is 0.251 e. The zero-order valence-corrected chi connectivity index (χ0v) is 8.33. The van der Waals surface area contributed by atoms with E-state index in [9.17, 15) is 9.90 Å². The quantitative estimate of drug-likeness (QED) is 0.653. The van der Waals surface area contributed by atoms with Gasteiger partial charge >= 0.3 is 0 Å². The van der Waals surface area contributed by atoms with Crippen LogP contribution < -0.4 is 0 Å². The van der Waals surface area contributed by atoms with E-state index in [1.165, 1.54) is 19.3 Å². The number of carbonyl (C=O) groups is 1. The van der Waals surface area contributed by atoms with Crippen molar-refractivity contribution in [3.8, 4) is 0 Å². The van der Waals surface area contributed by atoms with Gasteiger partial charge in [-0.3, -0.25) is 4.79 Å². The first-order chi connectivity index (χ1) is 6.25. The lowest BCUT2D eigenvalue weighted by Gasteiger charge is -2.14. The fraction of sp³-hybridized carbons (Fsp3) is 0.900. The number of aliphatic hydroxyl groups excluding tert-OH is 1. The lowest BCUT2D eigenvalue weighted by atomic mass is 10.2. The van der Waals surface area contributed by atoms with Gasteiger partial charge in [0.05, 0.1) is 0 Å². The van der Waals surface area contributed by atoms with Crippen LogP contribution in [0.1, 0.15) is 39.0 Å². The van der Waals surface area contributed by atoms with E-state index in [0.29, 0.717) is 6.42 Å². The van der Waals surface area contributed by atoms with Crippen LogP contribution in [0.5, 0.6) is 0 Å². The number of hydrogen-bond donors (Lipinski definition) is 1. The Kier molecular flexibility index (Phi) is 4.22. The third kappa shape index (κ3) is 2.99. The van der Waals surface area contributed by atoms with Crippen LogP contribution in [-0.2, 0) is 4.79 Å². The van der Waals surface area contributed by atoms with Gasteiger partial charge in [-0.1, -0.05) is 26.2 Å². The number of carbonyl (C=O) groups excluding carboxylic acids is 1. The first kappa shape index (κ1) is 10.5. The van der Waals surface area contributed by atoms with Crippen molar-refractivity contribution < 1.29 is 9.90 Å². The van der Waals surface area contributed by atoms with Gasteiger partial charge in [0.15, 0.2) is 0 Å². The number of unbranched alkanes of at least 4 members (excludes halogenated alkanes) is 3. The van der Waals surface area contributed by atoms with Gasteiger partial charge in [0.25, 0.3) is 5.91 Å². The van der Waals surface area contributed by atoms with Crippen molar-refractivity contribution in [3.05, 3.63) is 0 Å². The van der Waals surface area contributed by atoms with E-state index in [1.807, 2.05) is 0 Å². The summed E-state index contributed by atoms with van der Waals surface area (Å²) in [4.78, 5) is 13.0. The molecule has 1 heterocycles. The monoisotopic (exact) mass is 185 g/mol. The molecule has 1 unspecified atom stereocenters. The average Bonchev–Trinajstić information content (AvgIpc) is 2.43. The van der Waals surface area contributed by atoms with Crippen molar-refractivity contribution in [2.24, 2.45) is 0 Å². The number of nitrogens with zero attached hydrogens (tertiary/aromatic N) is 1. The van der Waals surface area contributed by atoms with E-state index in [4.69, 9.17) is 0 Å². The highest BCUT2D eigenvalue weighted by molar-refractivity contribution is 5.82. The molecule has 76 valence electrons. The maximum atomic E-state index is 11.2. The van der Waals surface area contributed by atoms with E-state index in [2.05, 4.69) is 6.92 Å². The third-order valence-electron chi connectivity index (χ3n) is 2.55. The van der Waals surface area contributed by atoms with Crippen LogP contribution in [0.2, 0.25) is 0 Å². The Morgan fingerprint density at radius 2 is 2.23 bits per heavy atom. The smallest absolute Gasteiger partial charge is 0.251 e. The van der Waals surface area contributed by atoms with E-state index in [-0.39, 0.29) is 5.91 Å². The first-order valence-corrected chi connectivity index (χ1v) is 5.22. The van der Waals surface area contributed by atoms with Gasteiger partial charge in [0.1, 0.15) is 6.10 Å². The number of likely N-dealkylation sites (tertiary alicyclic amines) is 1. The van der Waals surface area contributed by atoms with Crippen LogP contribution in [-0.4, -0.2) is 35.1 Å². The highest BCUT2D eigenvalue weighted by Crippen LogP contribution is 2.12. The van der Waals surface area contributed by atoms with Crippen LogP contribution >= 0.6 is 0 Å². The molecule has 1 rings (SSSR count). The molecule has 0 saturated carbocycles. The highest BCUT2D eigenvalue weighted by Gasteiger charge is 2.28. The topological polar surface area (TPSA) is 40.5 Å². The second kappa shape index (κ2) is 5.22. The molecule has 0 aromatic carbocycles. The molecule has 1 aliphatic rings. The number of amides is 1. The Morgan fingerprint density at radius 3 is 2.77 bits per heavy atom. The summed E-state index contributed by atoms with van der Waals surface area (Å²) in [6, 6.07) is 0. The van der Waals surface area contributed by atoms with Crippen molar-refractivity contribution in [2.45, 2.75) is 45.1 Å². The Bertz CT molecular complexity index is 170. The van der Waals surface area contributed by atoms with Crippen molar-refractivity contribution in [2.75, 3.05) is 13.1 Å². The second-order valence-electron chi connectivity index (χ2n) is 3.69. The van der Waals surface area contributed by atoms with Crippen molar-refractivity contribution in [1.29, 1.82) is 0 Å². The molecule has 1 atom stereocenters. The standard InChI is InChI=1S/C10H19NO2/c1-2-3-4-5-7-11-8-6-9(12)10(11)13/h9,12H,2-8H2,1H3. The van der Waals surface area contributed by atoms with Crippen LogP contribution in [0.3, 0.4) is 0 Å². The van der Waals surface area contributed by atoms with E-state index in [0.717, 1.165) is 19.5 Å². The van der Waals surface area contributed by atoms with Crippen molar-refractivity contribution >= 4 is 5.91 Å². The van der Waals surface area contributed by atoms with Gasteiger partial charge in [0.2, 0.25) is 0 Å². The minimum absolute atomic E-state index is 0.0727. The molecule has 0 radical (unpaired) electrons. The summed E-state index contributed by atoms with van der Waals surface area (Å²) in [5, 5.41) is 9.18. The predicted molar refractivity (Wildman–Crippen MR) is 51.3 cm³/mol. The predicted octanol–water partition coefficient (Wildman–Crippen LogP) is 1.16. The molecular weight excluding hydrogens is 166 g/mol. The Labute approximate surface area is 79.7 Å². The number of aliphatic hydroxyl groups is 1. The molecule has 1 fully saturated rings. The molecule has 0 aliphatic carbocycles. The molecule has 3 nitrogen and oxygen atoms in total. The van der Waals surface area contributed by atoms with Crippen LogP contribution in [0.4, 0.5) is 0 Å². The summed E-state index contributed by atoms with van der Waals surface area (Å²) in [6.07, 6.45) is 4.63. The molecule has 1 saturated heterocycles. The average molecular weight is 185 g/mol. The van der Waals surface area contributed by atoms with Gasteiger partial charge in [0, 0.05) is 13.1 Å². The normalized spacial score (nSPS) is 22.8. The van der Waals surface area contributed by atoms with Crippen molar-refractivity contribution in [1.82, 2.24) is 4.90 Å². The minimum atomic E-state index is -0.717. The lowest BCUT2D eigenvalue weighted by molar-refractivity contribution is -0.134. The largest absolute Gasteiger partial charge is 0.383 e. The minimum Gasteiger partial charge on any atom is -0.383 e. The molecule has 13 heavy (non-hydrogen) atoms. The van der Waals surface area contributed by atoms with Gasteiger partial charge in [-0.25, -0.2) is 0 Å². The summed E-state index contributed by atoms with van der Waals surface area (Å²) in [7, 11) is 0. The fourth-order valence-electron chi connectivity index (χ4n) is 1.67. The van der Waals surface area contributed by atoms with Crippen LogP contribution in [0, 0.1) is 0 Å². The summed E-state index contributed by atoms with van der Waals surface area (Å²) >= 11 is 0. The third-order valence-corrected chi connectivity index (χ3v) is 2.55. The van der Waals surface area contributed by atoms with Crippen molar-refractivity contribution in [3.63, 3.8) is 0 Å². The molecule has 0 aromatic rings. The van der Waals surface area contributed by atoms with E-state index >= 15 is 0 Å². The first-order valence-electron chi connectivity index (χ1n) is 5.22. The van der Waals surface area contributed by atoms with E-state index in [1.54, 1.807) is 4.90 Å². The summed E-state index contributed by atoms with van der Waals surface area (Å²) in [5.41, 5.74) is 0. The summed E-state index contributed by atoms with van der Waals surface area (Å²) in [5.74, 6) is -0.0727. The molecule has 1 amide bonds. The second-order valence-corrected chi connectivity index (χ2v) is 3.69. The molecule has 0 spiro atoms. The summed E-state index contributed by atoms with van der Waals surface area (Å²) < 4.78 is 0. The van der Waals surface area contributed by atoms with Gasteiger partial charge in [-0.15, -0.1) is 0 Å². The molecule has 0 bridgehead atoms. The van der Waals surface area contributed by atoms with E-state index < -0.39 is 6.10 Å². The van der Waals surface area contributed by atoms with Crippen LogP contribution in [0.25, 0.3) is 0 Å². The van der Waals surface area contributed by atoms with Gasteiger partial charge < -0.3 is 10.0 Å². The maximum absolute atomic E-state index is 11.2. The zero-order valence-electron chi connectivity index (χ0n) is 8.33.